The molecular formula is C9H15NO3. The summed E-state index contributed by atoms with van der Waals surface area (Å²) in [5.74, 6) is -0.601. The predicted octanol–water partition coefficient (Wildman–Crippen LogP) is 1.57. The van der Waals surface area contributed by atoms with E-state index >= 15 is 0 Å². The van der Waals surface area contributed by atoms with Crippen LogP contribution in [0.15, 0.2) is 5.16 Å². The highest BCUT2D eigenvalue weighted by Gasteiger charge is 2.36. The molecule has 1 aliphatic carbocycles. The van der Waals surface area contributed by atoms with Gasteiger partial charge in [0.25, 0.3) is 0 Å². The topological polar surface area (TPSA) is 58.9 Å². The van der Waals surface area contributed by atoms with Crippen LogP contribution in [0, 0.1) is 5.92 Å². The first kappa shape index (κ1) is 10.0. The molecule has 1 aliphatic rings. The molecule has 1 N–H and O–H groups in total. The molecule has 0 spiro atoms. The Balaban J connectivity index is 2.50. The van der Waals surface area contributed by atoms with Gasteiger partial charge in [-0.05, 0) is 33.6 Å². The van der Waals surface area contributed by atoms with Crippen molar-refractivity contribution in [3.63, 3.8) is 0 Å². The Bertz CT molecular complexity index is 240. The third-order valence-electron chi connectivity index (χ3n) is 1.91. The Labute approximate surface area is 77.6 Å². The van der Waals surface area contributed by atoms with Gasteiger partial charge in [-0.25, -0.2) is 0 Å². The molecule has 4 nitrogen and oxygen atoms in total. The zero-order valence-corrected chi connectivity index (χ0v) is 8.20. The summed E-state index contributed by atoms with van der Waals surface area (Å²) in [6.45, 7) is 5.46. The Morgan fingerprint density at radius 3 is 2.54 bits per heavy atom. The quantitative estimate of drug-likeness (QED) is 0.383. The molecule has 74 valence electrons. The van der Waals surface area contributed by atoms with Gasteiger partial charge in [0.1, 0.15) is 5.60 Å². The summed E-state index contributed by atoms with van der Waals surface area (Å²) in [7, 11) is 0. The maximum atomic E-state index is 11.4. The summed E-state index contributed by atoms with van der Waals surface area (Å²) in [6.07, 6.45) is 1.43. The number of hydrogen-bond acceptors (Lipinski definition) is 4. The molecule has 0 bridgehead atoms. The molecule has 0 heterocycles. The minimum atomic E-state index is -0.465. The zero-order chi connectivity index (χ0) is 10.1. The van der Waals surface area contributed by atoms with E-state index in [1.165, 1.54) is 0 Å². The maximum Gasteiger partial charge on any atom is 0.315 e. The number of nitrogens with zero attached hydrogens (tertiary/aromatic N) is 1. The molecule has 0 aromatic carbocycles. The van der Waals surface area contributed by atoms with Crippen LogP contribution in [-0.2, 0) is 9.53 Å². The van der Waals surface area contributed by atoms with Gasteiger partial charge in [0.15, 0.2) is 0 Å². The average Bonchev–Trinajstić information content (AvgIpc) is 1.80. The van der Waals surface area contributed by atoms with Crippen LogP contribution >= 0.6 is 0 Å². The summed E-state index contributed by atoms with van der Waals surface area (Å²) >= 11 is 0. The van der Waals surface area contributed by atoms with Crippen molar-refractivity contribution in [1.82, 2.24) is 0 Å². The van der Waals surface area contributed by atoms with Crippen LogP contribution in [-0.4, -0.2) is 22.5 Å². The van der Waals surface area contributed by atoms with Crippen molar-refractivity contribution in [3.05, 3.63) is 0 Å². The van der Waals surface area contributed by atoms with Gasteiger partial charge in [0.05, 0.1) is 11.6 Å². The highest BCUT2D eigenvalue weighted by atomic mass is 16.6. The van der Waals surface area contributed by atoms with Crippen LogP contribution in [0.5, 0.6) is 0 Å². The van der Waals surface area contributed by atoms with Gasteiger partial charge in [-0.1, -0.05) is 5.16 Å². The van der Waals surface area contributed by atoms with E-state index in [1.54, 1.807) is 0 Å². The summed E-state index contributed by atoms with van der Waals surface area (Å²) in [5, 5.41) is 11.5. The molecule has 0 amide bonds. The Hall–Kier alpha value is -1.06. The van der Waals surface area contributed by atoms with Gasteiger partial charge < -0.3 is 9.94 Å². The second-order valence-corrected chi connectivity index (χ2v) is 4.22. The van der Waals surface area contributed by atoms with E-state index < -0.39 is 5.60 Å². The summed E-state index contributed by atoms with van der Waals surface area (Å²) in [4.78, 5) is 11.4. The van der Waals surface area contributed by atoms with E-state index in [4.69, 9.17) is 9.94 Å². The number of esters is 1. The van der Waals surface area contributed by atoms with Crippen LogP contribution in [0.3, 0.4) is 0 Å². The molecule has 1 saturated carbocycles. The third-order valence-corrected chi connectivity index (χ3v) is 1.91. The van der Waals surface area contributed by atoms with Crippen LogP contribution in [0.1, 0.15) is 33.6 Å². The minimum absolute atomic E-state index is 0.286. The van der Waals surface area contributed by atoms with Crippen molar-refractivity contribution in [2.75, 3.05) is 0 Å². The van der Waals surface area contributed by atoms with E-state index in [0.29, 0.717) is 12.1 Å². The van der Waals surface area contributed by atoms with Gasteiger partial charge in [-0.2, -0.15) is 0 Å². The van der Waals surface area contributed by atoms with Crippen molar-refractivity contribution in [2.24, 2.45) is 11.1 Å². The Morgan fingerprint density at radius 1 is 1.62 bits per heavy atom. The first-order chi connectivity index (χ1) is 5.94. The second-order valence-electron chi connectivity index (χ2n) is 4.22. The van der Waals surface area contributed by atoms with Gasteiger partial charge in [-0.3, -0.25) is 4.79 Å². The SMILES string of the molecule is CC(C)(C)OC(=O)C1CCC1=NO. The zero-order valence-electron chi connectivity index (χ0n) is 8.20. The van der Waals surface area contributed by atoms with E-state index in [2.05, 4.69) is 5.16 Å². The number of hydrogen-bond donors (Lipinski definition) is 1. The molecule has 13 heavy (non-hydrogen) atoms. The second kappa shape index (κ2) is 3.36. The molecular weight excluding hydrogens is 170 g/mol. The fourth-order valence-electron chi connectivity index (χ4n) is 1.16. The maximum absolute atomic E-state index is 11.4. The summed E-state index contributed by atoms with van der Waals surface area (Å²) < 4.78 is 5.14. The first-order valence-corrected chi connectivity index (χ1v) is 4.38. The normalized spacial score (nSPS) is 25.5. The first-order valence-electron chi connectivity index (χ1n) is 4.38. The van der Waals surface area contributed by atoms with Crippen LogP contribution in [0.2, 0.25) is 0 Å². The van der Waals surface area contributed by atoms with Crippen molar-refractivity contribution < 1.29 is 14.7 Å². The summed E-state index contributed by atoms with van der Waals surface area (Å²) in [5.41, 5.74) is 0.0713. The molecule has 0 aliphatic heterocycles. The summed E-state index contributed by atoms with van der Waals surface area (Å²) in [6, 6.07) is 0. The van der Waals surface area contributed by atoms with Crippen molar-refractivity contribution in [1.29, 1.82) is 0 Å². The molecule has 4 heteroatoms. The fourth-order valence-corrected chi connectivity index (χ4v) is 1.16. The lowest BCUT2D eigenvalue weighted by molar-refractivity contribution is -0.158. The standard InChI is InChI=1S/C9H15NO3/c1-9(2,3)13-8(11)6-4-5-7(6)10-12/h6,12H,4-5H2,1-3H3. The largest absolute Gasteiger partial charge is 0.459 e. The van der Waals surface area contributed by atoms with Gasteiger partial charge in [0, 0.05) is 0 Å². The third kappa shape index (κ3) is 2.44. The van der Waals surface area contributed by atoms with Crippen LogP contribution in [0.25, 0.3) is 0 Å². The van der Waals surface area contributed by atoms with Crippen molar-refractivity contribution >= 4 is 11.7 Å². The monoisotopic (exact) mass is 185 g/mol. The number of ether oxygens (including phenoxy) is 1. The molecule has 1 fully saturated rings. The van der Waals surface area contributed by atoms with Gasteiger partial charge in [0.2, 0.25) is 0 Å². The lowest BCUT2D eigenvalue weighted by atomic mass is 9.83. The molecule has 0 saturated heterocycles. The Morgan fingerprint density at radius 2 is 2.23 bits per heavy atom. The van der Waals surface area contributed by atoms with Crippen molar-refractivity contribution in [2.45, 2.75) is 39.2 Å². The van der Waals surface area contributed by atoms with Crippen molar-refractivity contribution in [3.8, 4) is 0 Å². The predicted molar refractivity (Wildman–Crippen MR) is 47.8 cm³/mol. The molecule has 0 aromatic heterocycles. The van der Waals surface area contributed by atoms with Crippen LogP contribution < -0.4 is 0 Å². The smallest absolute Gasteiger partial charge is 0.315 e. The molecule has 1 unspecified atom stereocenters. The van der Waals surface area contributed by atoms with E-state index in [-0.39, 0.29) is 11.9 Å². The number of oxime groups is 1. The molecule has 0 aromatic rings. The number of carbonyl (C=O) groups excluding carboxylic acids is 1. The van der Waals surface area contributed by atoms with Crippen LogP contribution in [0.4, 0.5) is 0 Å². The van der Waals surface area contributed by atoms with Gasteiger partial charge >= 0.3 is 5.97 Å². The fraction of sp³-hybridized carbons (Fsp3) is 0.778. The lowest BCUT2D eigenvalue weighted by Crippen LogP contribution is -2.38. The molecule has 0 radical (unpaired) electrons. The highest BCUT2D eigenvalue weighted by molar-refractivity contribution is 6.06. The van der Waals surface area contributed by atoms with Gasteiger partial charge in [-0.15, -0.1) is 0 Å². The average molecular weight is 185 g/mol. The number of carbonyl (C=O) groups is 1. The van der Waals surface area contributed by atoms with E-state index in [1.807, 2.05) is 20.8 Å². The highest BCUT2D eigenvalue weighted by Crippen LogP contribution is 2.26. The molecule has 1 atom stereocenters. The minimum Gasteiger partial charge on any atom is -0.459 e. The number of rotatable bonds is 1. The molecule has 1 rings (SSSR count). The Kier molecular flexibility index (Phi) is 2.59. The lowest BCUT2D eigenvalue weighted by Gasteiger charge is -2.28. The van der Waals surface area contributed by atoms with E-state index in [0.717, 1.165) is 6.42 Å². The van der Waals surface area contributed by atoms with E-state index in [9.17, 15) is 4.79 Å².